The Morgan fingerprint density at radius 2 is 2.28 bits per heavy atom. The normalized spacial score (nSPS) is 11.2. The molecule has 1 unspecified atom stereocenters. The number of nitrogens with zero attached hydrogens (tertiary/aromatic N) is 3. The zero-order valence-corrected chi connectivity index (χ0v) is 9.80. The highest BCUT2D eigenvalue weighted by Gasteiger charge is 2.17. The molecule has 0 saturated carbocycles. The van der Waals surface area contributed by atoms with Crippen molar-refractivity contribution in [3.63, 3.8) is 0 Å². The molecule has 0 bridgehead atoms. The van der Waals surface area contributed by atoms with E-state index in [0.29, 0.717) is 0 Å². The van der Waals surface area contributed by atoms with E-state index in [4.69, 9.17) is 5.26 Å². The second-order valence-electron chi connectivity index (χ2n) is 3.41. The summed E-state index contributed by atoms with van der Waals surface area (Å²) in [6.07, 6.45) is 0. The Bertz CT molecular complexity index is 523. The predicted octanol–water partition coefficient (Wildman–Crippen LogP) is 0.408. The number of pyridine rings is 1. The highest BCUT2D eigenvalue weighted by atomic mass is 16.6. The summed E-state index contributed by atoms with van der Waals surface area (Å²) in [5.74, 6) is -0.0260. The lowest BCUT2D eigenvalue weighted by atomic mass is 10.3. The zero-order chi connectivity index (χ0) is 13.7. The van der Waals surface area contributed by atoms with Crippen molar-refractivity contribution < 1.29 is 9.72 Å². The van der Waals surface area contributed by atoms with Gasteiger partial charge in [0.2, 0.25) is 11.6 Å². The lowest BCUT2D eigenvalue weighted by Crippen LogP contribution is -2.35. The molecule has 8 heteroatoms. The van der Waals surface area contributed by atoms with Gasteiger partial charge in [-0.1, -0.05) is 0 Å². The first-order valence-corrected chi connectivity index (χ1v) is 5.03. The highest BCUT2D eigenvalue weighted by Crippen LogP contribution is 2.18. The maximum Gasteiger partial charge on any atom is 0.305 e. The highest BCUT2D eigenvalue weighted by molar-refractivity contribution is 5.83. The average Bonchev–Trinajstić information content (AvgIpc) is 2.37. The first-order chi connectivity index (χ1) is 8.49. The van der Waals surface area contributed by atoms with Gasteiger partial charge in [0.15, 0.2) is 0 Å². The Morgan fingerprint density at radius 3 is 2.78 bits per heavy atom. The quantitative estimate of drug-likeness (QED) is 0.588. The molecule has 1 aromatic heterocycles. The molecule has 0 fully saturated rings. The molecule has 0 aliphatic heterocycles. The van der Waals surface area contributed by atoms with E-state index in [1.165, 1.54) is 19.2 Å². The van der Waals surface area contributed by atoms with Crippen LogP contribution < -0.4 is 10.6 Å². The summed E-state index contributed by atoms with van der Waals surface area (Å²) in [5, 5.41) is 24.5. The van der Waals surface area contributed by atoms with Crippen molar-refractivity contribution >= 4 is 17.4 Å². The summed E-state index contributed by atoms with van der Waals surface area (Å²) in [5.41, 5.74) is -0.662. The molecule has 1 rings (SSSR count). The van der Waals surface area contributed by atoms with Crippen LogP contribution in [0, 0.1) is 21.4 Å². The maximum atomic E-state index is 11.3. The van der Waals surface area contributed by atoms with Gasteiger partial charge in [-0.2, -0.15) is 5.26 Å². The fourth-order valence-corrected chi connectivity index (χ4v) is 1.27. The molecule has 18 heavy (non-hydrogen) atoms. The lowest BCUT2D eigenvalue weighted by molar-refractivity contribution is -0.385. The third kappa shape index (κ3) is 2.91. The summed E-state index contributed by atoms with van der Waals surface area (Å²) in [6, 6.07) is 3.60. The predicted molar refractivity (Wildman–Crippen MR) is 62.8 cm³/mol. The van der Waals surface area contributed by atoms with Crippen LogP contribution in [0.3, 0.4) is 0 Å². The minimum Gasteiger partial charge on any atom is -0.359 e. The minimum atomic E-state index is -0.683. The number of aromatic nitrogens is 1. The van der Waals surface area contributed by atoms with Gasteiger partial charge in [-0.15, -0.1) is 0 Å². The van der Waals surface area contributed by atoms with Crippen LogP contribution in [0.2, 0.25) is 0 Å². The molecule has 8 nitrogen and oxygen atoms in total. The van der Waals surface area contributed by atoms with Gasteiger partial charge < -0.3 is 10.6 Å². The standard InChI is InChI=1S/C10H11N5O3/c1-6(10(16)12-2)13-9-4-3-8(15(17)18)7(5-11)14-9/h3-4,6H,1-2H3,(H,12,16)(H,13,14). The second-order valence-corrected chi connectivity index (χ2v) is 3.41. The van der Waals surface area contributed by atoms with Crippen molar-refractivity contribution in [1.82, 2.24) is 10.3 Å². The molecule has 1 amide bonds. The van der Waals surface area contributed by atoms with Crippen molar-refractivity contribution in [3.8, 4) is 6.07 Å². The molecule has 0 saturated heterocycles. The van der Waals surface area contributed by atoms with E-state index >= 15 is 0 Å². The van der Waals surface area contributed by atoms with E-state index in [2.05, 4.69) is 15.6 Å². The number of nitro groups is 1. The smallest absolute Gasteiger partial charge is 0.305 e. The molecule has 1 aromatic rings. The number of rotatable bonds is 4. The average molecular weight is 249 g/mol. The molecule has 0 aliphatic carbocycles. The van der Waals surface area contributed by atoms with Crippen LogP contribution >= 0.6 is 0 Å². The summed E-state index contributed by atoms with van der Waals surface area (Å²) in [4.78, 5) is 25.0. The third-order valence-electron chi connectivity index (χ3n) is 2.18. The molecule has 1 atom stereocenters. The van der Waals surface area contributed by atoms with E-state index in [1.54, 1.807) is 13.0 Å². The number of hydrogen-bond donors (Lipinski definition) is 2. The summed E-state index contributed by atoms with van der Waals surface area (Å²) >= 11 is 0. The van der Waals surface area contributed by atoms with Gasteiger partial charge in [0.25, 0.3) is 0 Å². The van der Waals surface area contributed by atoms with E-state index < -0.39 is 11.0 Å². The van der Waals surface area contributed by atoms with Crippen molar-refractivity contribution in [1.29, 1.82) is 5.26 Å². The first kappa shape index (κ1) is 13.4. The van der Waals surface area contributed by atoms with E-state index in [1.807, 2.05) is 0 Å². The molecule has 0 radical (unpaired) electrons. The summed E-state index contributed by atoms with van der Waals surface area (Å²) in [7, 11) is 1.49. The van der Waals surface area contributed by atoms with Crippen LogP contribution in [-0.2, 0) is 4.79 Å². The largest absolute Gasteiger partial charge is 0.359 e. The van der Waals surface area contributed by atoms with Crippen LogP contribution in [0.5, 0.6) is 0 Å². The molecular weight excluding hydrogens is 238 g/mol. The molecule has 0 aromatic carbocycles. The van der Waals surface area contributed by atoms with Gasteiger partial charge in [0, 0.05) is 13.1 Å². The van der Waals surface area contributed by atoms with Crippen LogP contribution in [0.4, 0.5) is 11.5 Å². The number of likely N-dealkylation sites (N-methyl/N-ethyl adjacent to an activating group) is 1. The van der Waals surface area contributed by atoms with Crippen molar-refractivity contribution in [2.75, 3.05) is 12.4 Å². The number of anilines is 1. The van der Waals surface area contributed by atoms with E-state index in [0.717, 1.165) is 0 Å². The van der Waals surface area contributed by atoms with Crippen LogP contribution in [0.1, 0.15) is 12.6 Å². The molecule has 0 spiro atoms. The SMILES string of the molecule is CNC(=O)C(C)Nc1ccc([N+](=O)[O-])c(C#N)n1. The summed E-state index contributed by atoms with van der Waals surface area (Å²) < 4.78 is 0. The van der Waals surface area contributed by atoms with Crippen molar-refractivity contribution in [3.05, 3.63) is 27.9 Å². The maximum absolute atomic E-state index is 11.3. The van der Waals surface area contributed by atoms with Gasteiger partial charge in [-0.25, -0.2) is 4.98 Å². The fourth-order valence-electron chi connectivity index (χ4n) is 1.27. The number of hydrogen-bond acceptors (Lipinski definition) is 6. The topological polar surface area (TPSA) is 121 Å². The van der Waals surface area contributed by atoms with Crippen molar-refractivity contribution in [2.24, 2.45) is 0 Å². The molecule has 1 heterocycles. The Balaban J connectivity index is 2.97. The molecule has 94 valence electrons. The molecule has 0 aliphatic rings. The molecule has 2 N–H and O–H groups in total. The van der Waals surface area contributed by atoms with Gasteiger partial charge >= 0.3 is 5.69 Å². The molecular formula is C10H11N5O3. The monoisotopic (exact) mass is 249 g/mol. The van der Waals surface area contributed by atoms with Gasteiger partial charge in [0.05, 0.1) is 4.92 Å². The van der Waals surface area contributed by atoms with Crippen molar-refractivity contribution in [2.45, 2.75) is 13.0 Å². The van der Waals surface area contributed by atoms with Gasteiger partial charge in [-0.3, -0.25) is 14.9 Å². The second kappa shape index (κ2) is 5.58. The number of amides is 1. The van der Waals surface area contributed by atoms with Crippen LogP contribution in [0.25, 0.3) is 0 Å². The van der Waals surface area contributed by atoms with E-state index in [9.17, 15) is 14.9 Å². The Kier molecular flexibility index (Phi) is 4.15. The minimum absolute atomic E-state index is 0.230. The van der Waals surface area contributed by atoms with Crippen LogP contribution in [0.15, 0.2) is 12.1 Å². The van der Waals surface area contributed by atoms with Gasteiger partial charge in [-0.05, 0) is 13.0 Å². The summed E-state index contributed by atoms with van der Waals surface area (Å²) in [6.45, 7) is 1.61. The van der Waals surface area contributed by atoms with Crippen LogP contribution in [-0.4, -0.2) is 28.9 Å². The first-order valence-electron chi connectivity index (χ1n) is 5.03. The number of carbonyl (C=O) groups excluding carboxylic acids is 1. The number of carbonyl (C=O) groups is 1. The van der Waals surface area contributed by atoms with E-state index in [-0.39, 0.29) is 23.1 Å². The zero-order valence-electron chi connectivity index (χ0n) is 9.80. The fraction of sp³-hybridized carbons (Fsp3) is 0.300. The number of nitriles is 1. The Labute approximate surface area is 103 Å². The lowest BCUT2D eigenvalue weighted by Gasteiger charge is -2.12. The Morgan fingerprint density at radius 1 is 1.61 bits per heavy atom. The number of nitrogens with one attached hydrogen (secondary N) is 2. The third-order valence-corrected chi connectivity index (χ3v) is 2.18. The van der Waals surface area contributed by atoms with Gasteiger partial charge in [0.1, 0.15) is 17.9 Å². The Hall–Kier alpha value is -2.69.